The van der Waals surface area contributed by atoms with E-state index >= 15 is 0 Å². The molecule has 146 valence electrons. The molecule has 28 heavy (non-hydrogen) atoms. The zero-order valence-corrected chi connectivity index (χ0v) is 15.3. The summed E-state index contributed by atoms with van der Waals surface area (Å²) in [6, 6.07) is 15.1. The molecule has 4 nitrogen and oxygen atoms in total. The Morgan fingerprint density at radius 2 is 1.68 bits per heavy atom. The van der Waals surface area contributed by atoms with Crippen molar-refractivity contribution >= 4 is 17.3 Å². The van der Waals surface area contributed by atoms with Crippen molar-refractivity contribution in [3.63, 3.8) is 0 Å². The number of esters is 1. The molecule has 1 aliphatic carbocycles. The molecule has 2 aromatic carbocycles. The van der Waals surface area contributed by atoms with E-state index in [1.807, 2.05) is 30.3 Å². The molecule has 0 fully saturated rings. The monoisotopic (exact) mass is 389 g/mol. The van der Waals surface area contributed by atoms with Crippen molar-refractivity contribution in [2.24, 2.45) is 5.16 Å². The first-order valence-corrected chi connectivity index (χ1v) is 8.54. The molecule has 0 aliphatic heterocycles. The van der Waals surface area contributed by atoms with Gasteiger partial charge < -0.3 is 9.57 Å². The quantitative estimate of drug-likeness (QED) is 0.411. The van der Waals surface area contributed by atoms with Gasteiger partial charge in [-0.1, -0.05) is 59.8 Å². The Labute approximate surface area is 160 Å². The normalized spacial score (nSPS) is 19.0. The number of halogens is 3. The number of hydrogen-bond donors (Lipinski definition) is 0. The fourth-order valence-electron chi connectivity index (χ4n) is 3.17. The van der Waals surface area contributed by atoms with E-state index in [9.17, 15) is 18.0 Å². The predicted molar refractivity (Wildman–Crippen MR) is 98.3 cm³/mol. The number of rotatable bonds is 5. The van der Waals surface area contributed by atoms with Gasteiger partial charge in [0.1, 0.15) is 12.3 Å². The molecule has 0 bridgehead atoms. The van der Waals surface area contributed by atoms with Crippen LogP contribution in [0.4, 0.5) is 13.2 Å². The molecule has 3 rings (SSSR count). The molecular formula is C21H18F3NO3. The summed E-state index contributed by atoms with van der Waals surface area (Å²) in [6.45, 7) is 2.74. The van der Waals surface area contributed by atoms with E-state index in [2.05, 4.69) is 5.16 Å². The van der Waals surface area contributed by atoms with Gasteiger partial charge in [-0.05, 0) is 24.1 Å². The Morgan fingerprint density at radius 1 is 1.04 bits per heavy atom. The van der Waals surface area contributed by atoms with Gasteiger partial charge in [-0.15, -0.1) is 0 Å². The number of nitrogens with zero attached hydrogens (tertiary/aromatic N) is 1. The van der Waals surface area contributed by atoms with Crippen LogP contribution in [0.1, 0.15) is 30.5 Å². The van der Waals surface area contributed by atoms with Crippen LogP contribution in [0.15, 0.2) is 65.8 Å². The van der Waals surface area contributed by atoms with Gasteiger partial charge in [0, 0.05) is 12.5 Å². The minimum absolute atomic E-state index is 0.0474. The maximum Gasteiger partial charge on any atom is 0.416 e. The van der Waals surface area contributed by atoms with Crippen molar-refractivity contribution in [2.45, 2.75) is 32.2 Å². The van der Waals surface area contributed by atoms with Gasteiger partial charge in [0.05, 0.1) is 5.57 Å². The second-order valence-electron chi connectivity index (χ2n) is 6.37. The third-order valence-corrected chi connectivity index (χ3v) is 4.39. The smallest absolute Gasteiger partial charge is 0.416 e. The molecule has 0 N–H and O–H groups in total. The Kier molecular flexibility index (Phi) is 5.27. The molecule has 0 amide bonds. The molecule has 0 saturated heterocycles. The number of benzene rings is 2. The summed E-state index contributed by atoms with van der Waals surface area (Å²) >= 11 is 0. The largest absolute Gasteiger partial charge is 0.444 e. The highest BCUT2D eigenvalue weighted by Crippen LogP contribution is 2.48. The molecule has 7 heteroatoms. The molecule has 0 saturated carbocycles. The molecule has 0 radical (unpaired) electrons. The van der Waals surface area contributed by atoms with Crippen molar-refractivity contribution in [1.29, 1.82) is 0 Å². The Hall–Kier alpha value is -3.09. The molecule has 2 aromatic rings. The SMILES string of the molecule is CC(=O)OC1(/C(C)=N/OCc2ccccc2)C=C(C(F)(F)F)c2ccccc21. The second kappa shape index (κ2) is 7.50. The summed E-state index contributed by atoms with van der Waals surface area (Å²) < 4.78 is 46.1. The molecule has 0 spiro atoms. The number of oxime groups is 1. The van der Waals surface area contributed by atoms with Crippen LogP contribution < -0.4 is 0 Å². The Bertz CT molecular complexity index is 935. The second-order valence-corrected chi connectivity index (χ2v) is 6.37. The van der Waals surface area contributed by atoms with Crippen LogP contribution in [0.3, 0.4) is 0 Å². The van der Waals surface area contributed by atoms with Crippen molar-refractivity contribution in [2.75, 3.05) is 0 Å². The van der Waals surface area contributed by atoms with Crippen LogP contribution in [0.5, 0.6) is 0 Å². The average molecular weight is 389 g/mol. The van der Waals surface area contributed by atoms with Crippen molar-refractivity contribution in [3.8, 4) is 0 Å². The average Bonchev–Trinajstić information content (AvgIpc) is 2.98. The third kappa shape index (κ3) is 3.78. The highest BCUT2D eigenvalue weighted by molar-refractivity contribution is 6.01. The number of carbonyl (C=O) groups excluding carboxylic acids is 1. The lowest BCUT2D eigenvalue weighted by Crippen LogP contribution is -2.36. The highest BCUT2D eigenvalue weighted by Gasteiger charge is 2.50. The van der Waals surface area contributed by atoms with Gasteiger partial charge in [0.15, 0.2) is 5.60 Å². The standard InChI is InChI=1S/C21H18F3NO3/c1-14(25-27-13-16-8-4-3-5-9-16)20(28-15(2)26)12-19(21(22,23)24)17-10-6-7-11-18(17)20/h3-12H,13H2,1-2H3/b25-14+. The number of allylic oxidation sites excluding steroid dienone is 1. The Balaban J connectivity index is 2.02. The summed E-state index contributed by atoms with van der Waals surface area (Å²) in [5.74, 6) is -0.730. The zero-order valence-electron chi connectivity index (χ0n) is 15.3. The first-order valence-electron chi connectivity index (χ1n) is 8.54. The maximum absolute atomic E-state index is 13.6. The summed E-state index contributed by atoms with van der Waals surface area (Å²) in [5, 5.41) is 3.97. The number of ether oxygens (including phenoxy) is 1. The van der Waals surface area contributed by atoms with E-state index in [1.54, 1.807) is 6.07 Å². The van der Waals surface area contributed by atoms with Gasteiger partial charge in [-0.3, -0.25) is 4.79 Å². The molecule has 1 aliphatic rings. The number of fused-ring (bicyclic) bond motifs is 1. The van der Waals surface area contributed by atoms with Crippen molar-refractivity contribution in [3.05, 3.63) is 77.4 Å². The van der Waals surface area contributed by atoms with E-state index in [0.717, 1.165) is 18.6 Å². The number of carbonyl (C=O) groups is 1. The van der Waals surface area contributed by atoms with E-state index < -0.39 is 23.3 Å². The van der Waals surface area contributed by atoms with Crippen molar-refractivity contribution in [1.82, 2.24) is 0 Å². The third-order valence-electron chi connectivity index (χ3n) is 4.39. The Morgan fingerprint density at radius 3 is 2.32 bits per heavy atom. The highest BCUT2D eigenvalue weighted by atomic mass is 19.4. The first-order chi connectivity index (χ1) is 13.2. The molecule has 1 unspecified atom stereocenters. The topological polar surface area (TPSA) is 47.9 Å². The van der Waals surface area contributed by atoms with E-state index in [1.165, 1.54) is 25.1 Å². The van der Waals surface area contributed by atoms with Crippen LogP contribution in [0.2, 0.25) is 0 Å². The van der Waals surface area contributed by atoms with E-state index in [4.69, 9.17) is 9.57 Å². The van der Waals surface area contributed by atoms with Gasteiger partial charge in [-0.2, -0.15) is 13.2 Å². The van der Waals surface area contributed by atoms with Crippen LogP contribution in [-0.4, -0.2) is 17.9 Å². The van der Waals surface area contributed by atoms with Gasteiger partial charge in [0.2, 0.25) is 0 Å². The summed E-state index contributed by atoms with van der Waals surface area (Å²) in [6.07, 6.45) is -3.72. The number of hydrogen-bond acceptors (Lipinski definition) is 4. The summed E-state index contributed by atoms with van der Waals surface area (Å²) in [4.78, 5) is 17.1. The number of alkyl halides is 3. The molecule has 0 heterocycles. The van der Waals surface area contributed by atoms with Crippen LogP contribution in [0.25, 0.3) is 5.57 Å². The van der Waals surface area contributed by atoms with Gasteiger partial charge >= 0.3 is 12.1 Å². The van der Waals surface area contributed by atoms with Crippen molar-refractivity contribution < 1.29 is 27.5 Å². The maximum atomic E-state index is 13.6. The molecular weight excluding hydrogens is 371 g/mol. The molecule has 1 atom stereocenters. The lowest BCUT2D eigenvalue weighted by molar-refractivity contribution is -0.148. The first kappa shape index (κ1) is 19.7. The van der Waals surface area contributed by atoms with Gasteiger partial charge in [-0.25, -0.2) is 0 Å². The zero-order chi connectivity index (χ0) is 20.4. The van der Waals surface area contributed by atoms with E-state index in [0.29, 0.717) is 0 Å². The fourth-order valence-corrected chi connectivity index (χ4v) is 3.17. The van der Waals surface area contributed by atoms with Crippen LogP contribution in [-0.2, 0) is 26.6 Å². The lowest BCUT2D eigenvalue weighted by atomic mass is 9.91. The van der Waals surface area contributed by atoms with Crippen LogP contribution in [0, 0.1) is 0 Å². The molecule has 0 aromatic heterocycles. The van der Waals surface area contributed by atoms with E-state index in [-0.39, 0.29) is 23.4 Å². The summed E-state index contributed by atoms with van der Waals surface area (Å²) in [5.41, 5.74) is -1.56. The van der Waals surface area contributed by atoms with Gasteiger partial charge in [0.25, 0.3) is 0 Å². The predicted octanol–water partition coefficient (Wildman–Crippen LogP) is 5.00. The van der Waals surface area contributed by atoms with Crippen LogP contribution >= 0.6 is 0 Å². The lowest BCUT2D eigenvalue weighted by Gasteiger charge is -2.28. The minimum atomic E-state index is -4.61. The summed E-state index contributed by atoms with van der Waals surface area (Å²) in [7, 11) is 0. The fraction of sp³-hybridized carbons (Fsp3) is 0.238. The minimum Gasteiger partial charge on any atom is -0.444 e.